The lowest BCUT2D eigenvalue weighted by Crippen LogP contribution is -2.60. The van der Waals surface area contributed by atoms with Crippen molar-refractivity contribution in [2.45, 2.75) is 320 Å². The van der Waals surface area contributed by atoms with Gasteiger partial charge < -0.3 is 40.3 Å². The van der Waals surface area contributed by atoms with Gasteiger partial charge in [0, 0.05) is 6.42 Å². The van der Waals surface area contributed by atoms with Crippen LogP contribution in [0.15, 0.2) is 24.3 Å². The SMILES string of the molecule is CCCCC/C=C\C/C=C\CCCCCCCCCC(=O)NC(COC1OC(CO)C(O)C(O)C1O)C(O)CCCCCCCCCCCCCCCCCCCCCCCCCCCC. The summed E-state index contributed by atoms with van der Waals surface area (Å²) >= 11 is 0. The van der Waals surface area contributed by atoms with E-state index in [2.05, 4.69) is 43.5 Å². The maximum absolute atomic E-state index is 13.0. The number of hydrogen-bond acceptors (Lipinski definition) is 8. The number of aliphatic hydroxyl groups is 5. The molecule has 1 rings (SSSR count). The van der Waals surface area contributed by atoms with Crippen LogP contribution in [0.1, 0.15) is 277 Å². The summed E-state index contributed by atoms with van der Waals surface area (Å²) in [5.74, 6) is -0.149. The zero-order valence-corrected chi connectivity index (χ0v) is 43.2. The predicted octanol–water partition coefficient (Wildman–Crippen LogP) is 13.8. The Morgan fingerprint density at radius 2 is 0.894 bits per heavy atom. The molecule has 1 aliphatic rings. The smallest absolute Gasteiger partial charge is 0.220 e. The summed E-state index contributed by atoms with van der Waals surface area (Å²) < 4.78 is 11.3. The van der Waals surface area contributed by atoms with Crippen LogP contribution in [0.4, 0.5) is 0 Å². The molecule has 1 heterocycles. The van der Waals surface area contributed by atoms with Gasteiger partial charge in [-0.1, -0.05) is 250 Å². The van der Waals surface area contributed by atoms with E-state index < -0.39 is 49.5 Å². The summed E-state index contributed by atoms with van der Waals surface area (Å²) in [5, 5.41) is 54.6. The Bertz CT molecular complexity index is 1090. The third-order valence-corrected chi connectivity index (χ3v) is 13.8. The van der Waals surface area contributed by atoms with Gasteiger partial charge in [0.2, 0.25) is 5.91 Å². The lowest BCUT2D eigenvalue weighted by atomic mass is 9.99. The number of carbonyl (C=O) groups excluding carboxylic acids is 1. The van der Waals surface area contributed by atoms with Crippen molar-refractivity contribution in [3.05, 3.63) is 24.3 Å². The Morgan fingerprint density at radius 1 is 0.515 bits per heavy atom. The fraction of sp³-hybridized carbons (Fsp3) is 0.912. The molecule has 390 valence electrons. The second-order valence-corrected chi connectivity index (χ2v) is 20.1. The Morgan fingerprint density at radius 3 is 1.33 bits per heavy atom. The van der Waals surface area contributed by atoms with E-state index in [-0.39, 0.29) is 12.5 Å². The number of rotatable bonds is 49. The van der Waals surface area contributed by atoms with Crippen molar-refractivity contribution in [2.24, 2.45) is 0 Å². The van der Waals surface area contributed by atoms with Crippen LogP contribution in [0.2, 0.25) is 0 Å². The standard InChI is InChI=1S/C57H109NO8/c1-3-5-7-9-11-13-15-17-19-21-22-23-24-25-26-27-28-29-31-32-34-36-38-40-42-44-46-51(60)50(49-65-57-56(64)55(63)54(62)52(48-59)66-57)58-53(61)47-45-43-41-39-37-35-33-30-20-18-16-14-12-10-8-6-4-2/h12,14,18,20,50-52,54-57,59-60,62-64H,3-11,13,15-17,19,21-49H2,1-2H3,(H,58,61)/b14-12-,20-18-. The molecule has 0 aromatic carbocycles. The van der Waals surface area contributed by atoms with Crippen LogP contribution >= 0.6 is 0 Å². The van der Waals surface area contributed by atoms with Gasteiger partial charge in [-0.25, -0.2) is 0 Å². The molecule has 0 spiro atoms. The molecule has 0 aliphatic carbocycles. The number of carbonyl (C=O) groups is 1. The zero-order chi connectivity index (χ0) is 48.0. The Hall–Kier alpha value is -1.33. The van der Waals surface area contributed by atoms with E-state index in [1.54, 1.807) is 0 Å². The number of ether oxygens (including phenoxy) is 2. The van der Waals surface area contributed by atoms with E-state index in [4.69, 9.17) is 9.47 Å². The first kappa shape index (κ1) is 62.7. The van der Waals surface area contributed by atoms with Gasteiger partial charge in [-0.3, -0.25) is 4.79 Å². The minimum Gasteiger partial charge on any atom is -0.394 e. The highest BCUT2D eigenvalue weighted by atomic mass is 16.7. The predicted molar refractivity (Wildman–Crippen MR) is 277 cm³/mol. The van der Waals surface area contributed by atoms with Crippen molar-refractivity contribution >= 4 is 5.91 Å². The van der Waals surface area contributed by atoms with Crippen molar-refractivity contribution in [3.63, 3.8) is 0 Å². The average Bonchev–Trinajstić information content (AvgIpc) is 3.32. The van der Waals surface area contributed by atoms with E-state index in [1.807, 2.05) is 0 Å². The summed E-state index contributed by atoms with van der Waals surface area (Å²) in [4.78, 5) is 13.0. The van der Waals surface area contributed by atoms with Crippen LogP contribution in [0.5, 0.6) is 0 Å². The van der Waals surface area contributed by atoms with Gasteiger partial charge in [-0.2, -0.15) is 0 Å². The van der Waals surface area contributed by atoms with E-state index in [0.29, 0.717) is 12.8 Å². The van der Waals surface area contributed by atoms with Gasteiger partial charge in [0.1, 0.15) is 24.4 Å². The first-order valence-electron chi connectivity index (χ1n) is 28.5. The maximum Gasteiger partial charge on any atom is 0.220 e. The van der Waals surface area contributed by atoms with Crippen molar-refractivity contribution in [2.75, 3.05) is 13.2 Å². The van der Waals surface area contributed by atoms with Gasteiger partial charge in [0.25, 0.3) is 0 Å². The minimum absolute atomic E-state index is 0.139. The van der Waals surface area contributed by atoms with E-state index in [1.165, 1.54) is 199 Å². The van der Waals surface area contributed by atoms with Crippen LogP contribution in [0, 0.1) is 0 Å². The molecule has 6 N–H and O–H groups in total. The second-order valence-electron chi connectivity index (χ2n) is 20.1. The summed E-state index contributed by atoms with van der Waals surface area (Å²) in [7, 11) is 0. The molecule has 7 unspecified atom stereocenters. The number of hydrogen-bond donors (Lipinski definition) is 6. The van der Waals surface area contributed by atoms with Gasteiger partial charge in [0.15, 0.2) is 6.29 Å². The molecule has 0 aromatic heterocycles. The lowest BCUT2D eigenvalue weighted by Gasteiger charge is -2.40. The topological polar surface area (TPSA) is 149 Å². The number of allylic oxidation sites excluding steroid dienone is 4. The minimum atomic E-state index is -1.55. The summed E-state index contributed by atoms with van der Waals surface area (Å²) in [5.41, 5.74) is 0. The van der Waals surface area contributed by atoms with Crippen molar-refractivity contribution < 1.29 is 39.8 Å². The fourth-order valence-electron chi connectivity index (χ4n) is 9.25. The molecule has 0 radical (unpaired) electrons. The summed E-state index contributed by atoms with van der Waals surface area (Å²) in [6.07, 6.45) is 52.0. The highest BCUT2D eigenvalue weighted by Crippen LogP contribution is 2.23. The third kappa shape index (κ3) is 36.6. The van der Waals surface area contributed by atoms with Crippen molar-refractivity contribution in [1.82, 2.24) is 5.32 Å². The Labute approximate surface area is 407 Å². The van der Waals surface area contributed by atoms with Crippen molar-refractivity contribution in [3.8, 4) is 0 Å². The molecule has 0 bridgehead atoms. The van der Waals surface area contributed by atoms with Gasteiger partial charge >= 0.3 is 0 Å². The molecule has 1 aliphatic heterocycles. The quantitative estimate of drug-likeness (QED) is 0.0261. The molecule has 9 heteroatoms. The van der Waals surface area contributed by atoms with Crippen LogP contribution < -0.4 is 5.32 Å². The highest BCUT2D eigenvalue weighted by Gasteiger charge is 2.44. The number of nitrogens with one attached hydrogen (secondary N) is 1. The zero-order valence-electron chi connectivity index (χ0n) is 43.2. The third-order valence-electron chi connectivity index (χ3n) is 13.8. The molecule has 1 fully saturated rings. The molecule has 0 aromatic rings. The van der Waals surface area contributed by atoms with E-state index >= 15 is 0 Å². The van der Waals surface area contributed by atoms with Crippen LogP contribution in [-0.4, -0.2) is 87.5 Å². The Balaban J connectivity index is 2.19. The van der Waals surface area contributed by atoms with Crippen LogP contribution in [0.25, 0.3) is 0 Å². The summed E-state index contributed by atoms with van der Waals surface area (Å²) in [6.45, 7) is 3.84. The largest absolute Gasteiger partial charge is 0.394 e. The molecule has 66 heavy (non-hydrogen) atoms. The maximum atomic E-state index is 13.0. The van der Waals surface area contributed by atoms with Gasteiger partial charge in [0.05, 0.1) is 25.4 Å². The molecule has 9 nitrogen and oxygen atoms in total. The summed E-state index contributed by atoms with van der Waals surface area (Å²) in [6, 6.07) is -0.722. The van der Waals surface area contributed by atoms with Crippen LogP contribution in [-0.2, 0) is 14.3 Å². The fourth-order valence-corrected chi connectivity index (χ4v) is 9.25. The number of unbranched alkanes of at least 4 members (excludes halogenated alkanes) is 35. The van der Waals surface area contributed by atoms with Gasteiger partial charge in [-0.05, 0) is 44.9 Å². The molecule has 7 atom stereocenters. The molecule has 0 saturated carbocycles. The highest BCUT2D eigenvalue weighted by molar-refractivity contribution is 5.76. The first-order chi connectivity index (χ1) is 32.3. The van der Waals surface area contributed by atoms with Crippen molar-refractivity contribution in [1.29, 1.82) is 0 Å². The molecular weight excluding hydrogens is 827 g/mol. The first-order valence-corrected chi connectivity index (χ1v) is 28.5. The van der Waals surface area contributed by atoms with E-state index in [9.17, 15) is 30.3 Å². The van der Waals surface area contributed by atoms with Crippen LogP contribution in [0.3, 0.4) is 0 Å². The van der Waals surface area contributed by atoms with E-state index in [0.717, 1.165) is 51.4 Å². The normalized spacial score (nSPS) is 19.9. The Kier molecular flexibility index (Phi) is 45.0. The monoisotopic (exact) mass is 936 g/mol. The molecule has 1 saturated heterocycles. The number of aliphatic hydroxyl groups excluding tert-OH is 5. The number of amides is 1. The second kappa shape index (κ2) is 47.4. The molecule has 1 amide bonds. The lowest BCUT2D eigenvalue weighted by molar-refractivity contribution is -0.302. The molecular formula is C57H109NO8. The average molecular weight is 936 g/mol. The van der Waals surface area contributed by atoms with Gasteiger partial charge in [-0.15, -0.1) is 0 Å².